The van der Waals surface area contributed by atoms with Gasteiger partial charge in [-0.15, -0.1) is 0 Å². The van der Waals surface area contributed by atoms with Crippen LogP contribution in [-0.4, -0.2) is 4.57 Å². The molecule has 1 heterocycles. The van der Waals surface area contributed by atoms with Crippen molar-refractivity contribution in [2.45, 2.75) is 0 Å². The minimum atomic E-state index is 1.11. The van der Waals surface area contributed by atoms with Crippen LogP contribution in [0, 0.1) is 6.07 Å². The summed E-state index contributed by atoms with van der Waals surface area (Å²) < 4.78 is 3.17. The molecule has 0 saturated carbocycles. The quantitative estimate of drug-likeness (QED) is 0.628. The summed E-state index contributed by atoms with van der Waals surface area (Å²) in [5, 5.41) is 1.16. The van der Waals surface area contributed by atoms with E-state index >= 15 is 0 Å². The summed E-state index contributed by atoms with van der Waals surface area (Å²) in [6, 6.07) is 9.33. The number of rotatable bonds is 0. The lowest BCUT2D eigenvalue weighted by Gasteiger charge is -1.95. The first-order valence-corrected chi connectivity index (χ1v) is 4.19. The summed E-state index contributed by atoms with van der Waals surface area (Å²) in [7, 11) is 2.02. The average Bonchev–Trinajstić information content (AvgIpc) is 2.33. The van der Waals surface area contributed by atoms with Crippen molar-refractivity contribution in [1.82, 2.24) is 4.57 Å². The summed E-state index contributed by atoms with van der Waals surface area (Å²) in [5.74, 6) is 0. The molecule has 0 saturated heterocycles. The first-order chi connectivity index (χ1) is 5.27. The molecule has 2 heteroatoms. The van der Waals surface area contributed by atoms with E-state index in [4.69, 9.17) is 0 Å². The van der Waals surface area contributed by atoms with Crippen LogP contribution in [0.25, 0.3) is 10.9 Å². The Kier molecular flexibility index (Phi) is 1.50. The highest BCUT2D eigenvalue weighted by Gasteiger charge is 1.96. The number of benzene rings is 1. The smallest absolute Gasteiger partial charge is 0.0495 e. The maximum absolute atomic E-state index is 3.42. The Hall–Kier alpha value is -0.760. The lowest BCUT2D eigenvalue weighted by molar-refractivity contribution is 0.968. The second-order valence-corrected chi connectivity index (χ2v) is 3.46. The number of hydrogen-bond donors (Lipinski definition) is 0. The predicted octanol–water partition coefficient (Wildman–Crippen LogP) is 2.74. The first kappa shape index (κ1) is 6.92. The van der Waals surface area contributed by atoms with Crippen LogP contribution in [0.2, 0.25) is 0 Å². The number of fused-ring (bicyclic) bond motifs is 1. The van der Waals surface area contributed by atoms with Gasteiger partial charge in [-0.25, -0.2) is 0 Å². The van der Waals surface area contributed by atoms with Crippen LogP contribution in [0.3, 0.4) is 0 Å². The molecule has 0 unspecified atom stereocenters. The van der Waals surface area contributed by atoms with E-state index in [1.54, 1.807) is 0 Å². The van der Waals surface area contributed by atoms with E-state index in [1.165, 1.54) is 5.52 Å². The molecule has 1 aromatic heterocycles. The molecule has 0 aliphatic rings. The molecule has 1 radical (unpaired) electrons. The summed E-state index contributed by atoms with van der Waals surface area (Å²) in [6.45, 7) is 0. The Bertz CT molecular complexity index is 389. The Morgan fingerprint density at radius 3 is 3.09 bits per heavy atom. The van der Waals surface area contributed by atoms with Gasteiger partial charge in [0.05, 0.1) is 0 Å². The fourth-order valence-electron chi connectivity index (χ4n) is 1.15. The van der Waals surface area contributed by atoms with Gasteiger partial charge in [0.1, 0.15) is 0 Å². The normalized spacial score (nSPS) is 10.7. The van der Waals surface area contributed by atoms with Crippen LogP contribution in [0.1, 0.15) is 0 Å². The topological polar surface area (TPSA) is 4.93 Å². The third kappa shape index (κ3) is 1.07. The molecule has 0 fully saturated rings. The zero-order valence-electron chi connectivity index (χ0n) is 6.13. The number of aryl methyl sites for hydroxylation is 1. The minimum absolute atomic E-state index is 1.11. The lowest BCUT2D eigenvalue weighted by Crippen LogP contribution is -1.82. The zero-order chi connectivity index (χ0) is 7.84. The maximum Gasteiger partial charge on any atom is 0.0495 e. The highest BCUT2D eigenvalue weighted by atomic mass is 79.9. The van der Waals surface area contributed by atoms with Gasteiger partial charge in [0.25, 0.3) is 0 Å². The van der Waals surface area contributed by atoms with Crippen LogP contribution >= 0.6 is 15.9 Å². The van der Waals surface area contributed by atoms with Crippen molar-refractivity contribution in [2.75, 3.05) is 0 Å². The van der Waals surface area contributed by atoms with E-state index in [9.17, 15) is 0 Å². The Morgan fingerprint density at radius 1 is 1.45 bits per heavy atom. The van der Waals surface area contributed by atoms with E-state index in [0.29, 0.717) is 0 Å². The second kappa shape index (κ2) is 2.38. The van der Waals surface area contributed by atoms with E-state index < -0.39 is 0 Å². The average molecular weight is 209 g/mol. The maximum atomic E-state index is 3.42. The van der Waals surface area contributed by atoms with Gasteiger partial charge >= 0.3 is 0 Å². The third-order valence-electron chi connectivity index (χ3n) is 1.75. The molecular weight excluding hydrogens is 202 g/mol. The van der Waals surface area contributed by atoms with Gasteiger partial charge in [0.2, 0.25) is 0 Å². The van der Waals surface area contributed by atoms with Gasteiger partial charge in [-0.05, 0) is 12.1 Å². The van der Waals surface area contributed by atoms with E-state index in [2.05, 4.69) is 38.7 Å². The van der Waals surface area contributed by atoms with Gasteiger partial charge < -0.3 is 4.57 Å². The van der Waals surface area contributed by atoms with E-state index in [-0.39, 0.29) is 0 Å². The third-order valence-corrected chi connectivity index (χ3v) is 2.25. The fourth-order valence-corrected chi connectivity index (χ4v) is 1.50. The van der Waals surface area contributed by atoms with Gasteiger partial charge in [-0.2, -0.15) is 0 Å². The van der Waals surface area contributed by atoms with Gasteiger partial charge in [0, 0.05) is 34.7 Å². The molecule has 0 spiro atoms. The molecule has 0 atom stereocenters. The predicted molar refractivity (Wildman–Crippen MR) is 49.5 cm³/mol. The molecule has 0 amide bonds. The lowest BCUT2D eigenvalue weighted by atomic mass is 10.2. The molecule has 0 aliphatic heterocycles. The van der Waals surface area contributed by atoms with Crippen LogP contribution < -0.4 is 0 Å². The Morgan fingerprint density at radius 2 is 2.27 bits per heavy atom. The largest absolute Gasteiger partial charge is 0.350 e. The minimum Gasteiger partial charge on any atom is -0.350 e. The molecular formula is C9H7BrN. The number of aromatic nitrogens is 1. The molecule has 55 valence electrons. The monoisotopic (exact) mass is 208 g/mol. The van der Waals surface area contributed by atoms with Crippen LogP contribution in [0.4, 0.5) is 0 Å². The molecule has 0 N–H and O–H groups in total. The molecule has 0 aliphatic carbocycles. The first-order valence-electron chi connectivity index (χ1n) is 3.39. The number of halogens is 1. The molecule has 2 aromatic rings. The van der Waals surface area contributed by atoms with Crippen molar-refractivity contribution < 1.29 is 0 Å². The van der Waals surface area contributed by atoms with Crippen molar-refractivity contribution in [1.29, 1.82) is 0 Å². The summed E-state index contributed by atoms with van der Waals surface area (Å²) >= 11 is 3.42. The Labute approximate surface area is 73.8 Å². The zero-order valence-corrected chi connectivity index (χ0v) is 7.72. The van der Waals surface area contributed by atoms with Crippen molar-refractivity contribution in [3.63, 3.8) is 0 Å². The summed E-state index contributed by atoms with van der Waals surface area (Å²) in [5.41, 5.74) is 1.21. The molecule has 1 aromatic carbocycles. The van der Waals surface area contributed by atoms with E-state index in [0.717, 1.165) is 9.86 Å². The number of hydrogen-bond acceptors (Lipinski definition) is 0. The van der Waals surface area contributed by atoms with Gasteiger partial charge in [0.15, 0.2) is 0 Å². The van der Waals surface area contributed by atoms with Crippen molar-refractivity contribution in [2.24, 2.45) is 7.05 Å². The molecule has 11 heavy (non-hydrogen) atoms. The van der Waals surface area contributed by atoms with Gasteiger partial charge in [-0.1, -0.05) is 22.0 Å². The Balaban J connectivity index is 2.87. The van der Waals surface area contributed by atoms with Crippen LogP contribution in [0.15, 0.2) is 28.9 Å². The van der Waals surface area contributed by atoms with Gasteiger partial charge in [-0.3, -0.25) is 0 Å². The SMILES string of the molecule is Cn1c[c]c2ccc(Br)cc21. The van der Waals surface area contributed by atoms with Crippen LogP contribution in [0.5, 0.6) is 0 Å². The van der Waals surface area contributed by atoms with Crippen molar-refractivity contribution in [3.8, 4) is 0 Å². The highest BCUT2D eigenvalue weighted by molar-refractivity contribution is 9.10. The van der Waals surface area contributed by atoms with E-state index in [1.807, 2.05) is 19.3 Å². The fraction of sp³-hybridized carbons (Fsp3) is 0.111. The molecule has 0 bridgehead atoms. The highest BCUT2D eigenvalue weighted by Crippen LogP contribution is 2.19. The molecule has 1 nitrogen and oxygen atoms in total. The van der Waals surface area contributed by atoms with Crippen LogP contribution in [-0.2, 0) is 7.05 Å². The summed E-state index contributed by atoms with van der Waals surface area (Å²) in [4.78, 5) is 0. The molecule has 2 rings (SSSR count). The van der Waals surface area contributed by atoms with Crippen molar-refractivity contribution >= 4 is 26.8 Å². The number of nitrogens with zero attached hydrogens (tertiary/aromatic N) is 1. The van der Waals surface area contributed by atoms with Crippen molar-refractivity contribution in [3.05, 3.63) is 34.9 Å². The summed E-state index contributed by atoms with van der Waals surface area (Å²) in [6.07, 6.45) is 1.94. The second-order valence-electron chi connectivity index (χ2n) is 2.55. The standard InChI is InChI=1S/C9H7BrN/c1-11-5-4-7-2-3-8(10)6-9(7)11/h2-3,5-6H,1H3.